The summed E-state index contributed by atoms with van der Waals surface area (Å²) >= 11 is 1.56. The molecule has 1 aromatic heterocycles. The maximum atomic E-state index is 10.4. The van der Waals surface area contributed by atoms with Gasteiger partial charge in [0.1, 0.15) is 12.4 Å². The van der Waals surface area contributed by atoms with E-state index in [9.17, 15) is 4.79 Å². The molecule has 2 aromatic rings. The lowest BCUT2D eigenvalue weighted by Gasteiger charge is -2.05. The lowest BCUT2D eigenvalue weighted by atomic mass is 10.2. The molecule has 0 aliphatic rings. The number of hydrogen-bond acceptors (Lipinski definition) is 3. The van der Waals surface area contributed by atoms with E-state index < -0.39 is 5.97 Å². The van der Waals surface area contributed by atoms with Crippen LogP contribution < -0.4 is 4.74 Å². The highest BCUT2D eigenvalue weighted by atomic mass is 32.1. The van der Waals surface area contributed by atoms with Gasteiger partial charge in [-0.3, -0.25) is 0 Å². The number of ether oxygens (including phenoxy) is 1. The molecule has 0 atom stereocenters. The summed E-state index contributed by atoms with van der Waals surface area (Å²) in [4.78, 5) is 11.5. The zero-order valence-electron chi connectivity index (χ0n) is 11.2. The Bertz CT molecular complexity index is 596. The number of aryl methyl sites for hydroxylation is 1. The summed E-state index contributed by atoms with van der Waals surface area (Å²) in [5.41, 5.74) is 2.17. The van der Waals surface area contributed by atoms with Crippen LogP contribution in [0.25, 0.3) is 6.08 Å². The minimum absolute atomic E-state index is 0.497. The van der Waals surface area contributed by atoms with E-state index in [1.807, 2.05) is 23.6 Å². The van der Waals surface area contributed by atoms with Crippen LogP contribution in [0.15, 0.2) is 41.8 Å². The first-order valence-electron chi connectivity index (χ1n) is 6.37. The third kappa shape index (κ3) is 4.24. The Balaban J connectivity index is 1.91. The van der Waals surface area contributed by atoms with Crippen molar-refractivity contribution in [2.24, 2.45) is 0 Å². The Morgan fingerprint density at radius 2 is 2.10 bits per heavy atom. The summed E-state index contributed by atoms with van der Waals surface area (Å²) in [7, 11) is 0. The van der Waals surface area contributed by atoms with Gasteiger partial charge in [-0.2, -0.15) is 0 Å². The average Bonchev–Trinajstić information content (AvgIpc) is 2.91. The topological polar surface area (TPSA) is 46.5 Å². The molecule has 4 heteroatoms. The smallest absolute Gasteiger partial charge is 0.328 e. The predicted molar refractivity (Wildman–Crippen MR) is 81.1 cm³/mol. The summed E-state index contributed by atoms with van der Waals surface area (Å²) < 4.78 is 5.70. The third-order valence-corrected chi connectivity index (χ3v) is 3.73. The number of aliphatic carboxylic acids is 1. The summed E-state index contributed by atoms with van der Waals surface area (Å²) in [5.74, 6) is -0.0942. The Hall–Kier alpha value is -2.07. The molecular formula is C16H16O3S. The zero-order valence-corrected chi connectivity index (χ0v) is 12.0. The van der Waals surface area contributed by atoms with Crippen LogP contribution in [0.1, 0.15) is 22.9 Å². The van der Waals surface area contributed by atoms with Crippen LogP contribution in [0.3, 0.4) is 0 Å². The molecule has 0 spiro atoms. The highest BCUT2D eigenvalue weighted by Crippen LogP contribution is 2.19. The average molecular weight is 288 g/mol. The lowest BCUT2D eigenvalue weighted by molar-refractivity contribution is -0.131. The molecule has 1 heterocycles. The second kappa shape index (κ2) is 6.91. The lowest BCUT2D eigenvalue weighted by Crippen LogP contribution is -1.92. The highest BCUT2D eigenvalue weighted by molar-refractivity contribution is 7.10. The molecule has 1 N–H and O–H groups in total. The fraction of sp³-hybridized carbons (Fsp3) is 0.188. The number of carboxylic acid groups (broad SMARTS) is 1. The van der Waals surface area contributed by atoms with E-state index in [1.165, 1.54) is 5.56 Å². The monoisotopic (exact) mass is 288 g/mol. The van der Waals surface area contributed by atoms with E-state index in [0.29, 0.717) is 6.61 Å². The van der Waals surface area contributed by atoms with Crippen LogP contribution in [0, 0.1) is 0 Å². The van der Waals surface area contributed by atoms with E-state index in [4.69, 9.17) is 9.84 Å². The molecule has 0 unspecified atom stereocenters. The molecule has 0 aliphatic carbocycles. The fourth-order valence-electron chi connectivity index (χ4n) is 1.70. The molecule has 1 aromatic carbocycles. The van der Waals surface area contributed by atoms with Gasteiger partial charge in [0, 0.05) is 11.0 Å². The molecule has 0 amide bonds. The SMILES string of the molecule is CCc1ccc(OCc2cc(C=CC(=O)O)cs2)cc1. The molecular weight excluding hydrogens is 272 g/mol. The number of rotatable bonds is 6. The van der Waals surface area contributed by atoms with Crippen LogP contribution in [0.4, 0.5) is 0 Å². The van der Waals surface area contributed by atoms with E-state index in [0.717, 1.165) is 28.7 Å². The second-order valence-corrected chi connectivity index (χ2v) is 5.30. The summed E-state index contributed by atoms with van der Waals surface area (Å²) in [5, 5.41) is 10.5. The minimum Gasteiger partial charge on any atom is -0.488 e. The summed E-state index contributed by atoms with van der Waals surface area (Å²) in [6, 6.07) is 10.00. The molecule has 0 saturated heterocycles. The molecule has 2 rings (SSSR count). The number of carbonyl (C=O) groups is 1. The van der Waals surface area contributed by atoms with Crippen molar-refractivity contribution in [1.82, 2.24) is 0 Å². The van der Waals surface area contributed by atoms with Crippen LogP contribution in [0.2, 0.25) is 0 Å². The summed E-state index contributed by atoms with van der Waals surface area (Å²) in [6.07, 6.45) is 3.74. The largest absolute Gasteiger partial charge is 0.488 e. The minimum atomic E-state index is -0.940. The quantitative estimate of drug-likeness (QED) is 0.818. The maximum absolute atomic E-state index is 10.4. The number of carboxylic acids is 1. The van der Waals surface area contributed by atoms with E-state index in [2.05, 4.69) is 19.1 Å². The van der Waals surface area contributed by atoms with Gasteiger partial charge in [0.15, 0.2) is 0 Å². The Labute approximate surface area is 122 Å². The van der Waals surface area contributed by atoms with Crippen LogP contribution in [-0.2, 0) is 17.8 Å². The van der Waals surface area contributed by atoms with Crippen molar-refractivity contribution in [2.45, 2.75) is 20.0 Å². The van der Waals surface area contributed by atoms with Gasteiger partial charge in [-0.25, -0.2) is 4.79 Å². The molecule has 0 fully saturated rings. The Kier molecular flexibility index (Phi) is 4.96. The Morgan fingerprint density at radius 1 is 1.35 bits per heavy atom. The van der Waals surface area contributed by atoms with E-state index in [-0.39, 0.29) is 0 Å². The van der Waals surface area contributed by atoms with Crippen molar-refractivity contribution >= 4 is 23.4 Å². The first-order valence-corrected chi connectivity index (χ1v) is 7.25. The van der Waals surface area contributed by atoms with Crippen LogP contribution in [-0.4, -0.2) is 11.1 Å². The first-order chi connectivity index (χ1) is 9.67. The van der Waals surface area contributed by atoms with Gasteiger partial charge in [0.05, 0.1) is 0 Å². The predicted octanol–water partition coefficient (Wildman–Crippen LogP) is 3.99. The number of hydrogen-bond donors (Lipinski definition) is 1. The molecule has 0 bridgehead atoms. The highest BCUT2D eigenvalue weighted by Gasteiger charge is 2.00. The standard InChI is InChI=1S/C16H16O3S/c1-2-12-3-6-14(7-4-12)19-10-15-9-13(11-20-15)5-8-16(17)18/h3-9,11H,2,10H2,1H3,(H,17,18). The Morgan fingerprint density at radius 3 is 2.75 bits per heavy atom. The van der Waals surface area contributed by atoms with Gasteiger partial charge in [-0.05, 0) is 47.2 Å². The first kappa shape index (κ1) is 14.3. The van der Waals surface area contributed by atoms with Crippen molar-refractivity contribution in [3.63, 3.8) is 0 Å². The van der Waals surface area contributed by atoms with Gasteiger partial charge in [-0.15, -0.1) is 11.3 Å². The van der Waals surface area contributed by atoms with Crippen LogP contribution >= 0.6 is 11.3 Å². The normalized spacial score (nSPS) is 10.8. The van der Waals surface area contributed by atoms with Crippen molar-refractivity contribution in [2.75, 3.05) is 0 Å². The van der Waals surface area contributed by atoms with Gasteiger partial charge in [0.25, 0.3) is 0 Å². The molecule has 0 radical (unpaired) electrons. The molecule has 104 valence electrons. The van der Waals surface area contributed by atoms with Gasteiger partial charge in [-0.1, -0.05) is 19.1 Å². The molecule has 20 heavy (non-hydrogen) atoms. The maximum Gasteiger partial charge on any atom is 0.328 e. The van der Waals surface area contributed by atoms with Gasteiger partial charge < -0.3 is 9.84 Å². The van der Waals surface area contributed by atoms with Crippen molar-refractivity contribution in [3.05, 3.63) is 57.8 Å². The summed E-state index contributed by atoms with van der Waals surface area (Å²) in [6.45, 7) is 2.62. The fourth-order valence-corrected chi connectivity index (χ4v) is 2.47. The van der Waals surface area contributed by atoms with Crippen molar-refractivity contribution in [1.29, 1.82) is 0 Å². The van der Waals surface area contributed by atoms with E-state index in [1.54, 1.807) is 17.4 Å². The van der Waals surface area contributed by atoms with Crippen LogP contribution in [0.5, 0.6) is 5.75 Å². The van der Waals surface area contributed by atoms with Crippen molar-refractivity contribution < 1.29 is 14.6 Å². The molecule has 0 saturated carbocycles. The van der Waals surface area contributed by atoms with Gasteiger partial charge >= 0.3 is 5.97 Å². The molecule has 3 nitrogen and oxygen atoms in total. The van der Waals surface area contributed by atoms with Crippen molar-refractivity contribution in [3.8, 4) is 5.75 Å². The van der Waals surface area contributed by atoms with Gasteiger partial charge in [0.2, 0.25) is 0 Å². The second-order valence-electron chi connectivity index (χ2n) is 4.30. The van der Waals surface area contributed by atoms with E-state index >= 15 is 0 Å². The third-order valence-electron chi connectivity index (χ3n) is 2.81. The zero-order chi connectivity index (χ0) is 14.4. The molecule has 0 aliphatic heterocycles. The number of benzene rings is 1. The number of thiophene rings is 1.